The summed E-state index contributed by atoms with van der Waals surface area (Å²) in [5.41, 5.74) is 0. The van der Waals surface area contributed by atoms with E-state index in [2.05, 4.69) is 0 Å². The number of amides is 4. The molecule has 0 N–H and O–H groups in total. The van der Waals surface area contributed by atoms with Crippen molar-refractivity contribution in [1.82, 2.24) is 9.80 Å². The van der Waals surface area contributed by atoms with Gasteiger partial charge in [0.1, 0.15) is 0 Å². The smallest absolute Gasteiger partial charge is 0.263 e. The molecule has 0 spiro atoms. The van der Waals surface area contributed by atoms with Crippen LogP contribution in [0.5, 0.6) is 0 Å². The van der Waals surface area contributed by atoms with Crippen LogP contribution in [0, 0.1) is 0 Å². The monoisotopic (exact) mass is 252 g/mol. The number of imide groups is 2. The molecule has 1 saturated carbocycles. The van der Waals surface area contributed by atoms with E-state index >= 15 is 0 Å². The van der Waals surface area contributed by atoms with Gasteiger partial charge in [-0.05, 0) is 26.2 Å². The summed E-state index contributed by atoms with van der Waals surface area (Å²) in [6.07, 6.45) is 5.54. The van der Waals surface area contributed by atoms with E-state index < -0.39 is 17.8 Å². The van der Waals surface area contributed by atoms with Crippen molar-refractivity contribution in [2.45, 2.75) is 64.5 Å². The highest BCUT2D eigenvalue weighted by Gasteiger charge is 2.48. The lowest BCUT2D eigenvalue weighted by Crippen LogP contribution is -2.43. The number of urea groups is 1. The molecule has 0 aromatic rings. The van der Waals surface area contributed by atoms with Gasteiger partial charge < -0.3 is 0 Å². The minimum absolute atomic E-state index is 0.0724. The fourth-order valence-corrected chi connectivity index (χ4v) is 2.73. The third-order valence-corrected chi connectivity index (χ3v) is 4.00. The number of carbonyl (C=O) groups excluding carboxylic acids is 3. The molecular weight excluding hydrogens is 232 g/mol. The molecule has 100 valence electrons. The van der Waals surface area contributed by atoms with Crippen LogP contribution in [-0.4, -0.2) is 39.7 Å². The summed E-state index contributed by atoms with van der Waals surface area (Å²) in [7, 11) is 0. The second kappa shape index (κ2) is 5.08. The first-order valence-corrected chi connectivity index (χ1v) is 6.78. The minimum Gasteiger partial charge on any atom is -0.263 e. The van der Waals surface area contributed by atoms with Crippen molar-refractivity contribution in [3.8, 4) is 0 Å². The molecule has 0 radical (unpaired) electrons. The van der Waals surface area contributed by atoms with Gasteiger partial charge in [0.05, 0.1) is 0 Å². The van der Waals surface area contributed by atoms with E-state index in [1.54, 1.807) is 6.92 Å². The maximum absolute atomic E-state index is 12.2. The summed E-state index contributed by atoms with van der Waals surface area (Å²) in [6, 6.07) is -0.689. The van der Waals surface area contributed by atoms with Crippen LogP contribution in [0.3, 0.4) is 0 Å². The van der Waals surface area contributed by atoms with E-state index in [1.807, 2.05) is 6.92 Å². The standard InChI is InChI=1S/C13H20N2O3/c1-3-9(2)14-11(16)12(17)15(13(14)18)10-7-5-4-6-8-10/h9-10H,3-8H2,1-2H3. The molecule has 1 unspecified atom stereocenters. The molecule has 1 aliphatic carbocycles. The van der Waals surface area contributed by atoms with Crippen molar-refractivity contribution in [3.05, 3.63) is 0 Å². The number of rotatable bonds is 3. The zero-order valence-electron chi connectivity index (χ0n) is 11.0. The Balaban J connectivity index is 2.19. The Labute approximate surface area is 107 Å². The highest BCUT2D eigenvalue weighted by molar-refractivity contribution is 6.44. The lowest BCUT2D eigenvalue weighted by molar-refractivity contribution is -0.144. The van der Waals surface area contributed by atoms with Gasteiger partial charge in [0.25, 0.3) is 0 Å². The van der Waals surface area contributed by atoms with Gasteiger partial charge in [0.2, 0.25) is 0 Å². The van der Waals surface area contributed by atoms with Gasteiger partial charge in [-0.15, -0.1) is 0 Å². The van der Waals surface area contributed by atoms with Gasteiger partial charge in [0, 0.05) is 12.1 Å². The van der Waals surface area contributed by atoms with Gasteiger partial charge in [-0.1, -0.05) is 26.2 Å². The maximum Gasteiger partial charge on any atom is 0.334 e. The predicted molar refractivity (Wildman–Crippen MR) is 65.7 cm³/mol. The molecule has 5 heteroatoms. The zero-order chi connectivity index (χ0) is 13.3. The van der Waals surface area contributed by atoms with Crippen LogP contribution in [0.4, 0.5) is 4.79 Å². The highest BCUT2D eigenvalue weighted by Crippen LogP contribution is 2.27. The van der Waals surface area contributed by atoms with Crippen LogP contribution in [0.15, 0.2) is 0 Å². The predicted octanol–water partition coefficient (Wildman–Crippen LogP) is 1.91. The van der Waals surface area contributed by atoms with Gasteiger partial charge >= 0.3 is 17.8 Å². The molecule has 0 aromatic carbocycles. The average molecular weight is 252 g/mol. The number of hydrogen-bond acceptors (Lipinski definition) is 3. The topological polar surface area (TPSA) is 57.7 Å². The van der Waals surface area contributed by atoms with Crippen LogP contribution in [0.1, 0.15) is 52.4 Å². The molecule has 0 aromatic heterocycles. The maximum atomic E-state index is 12.2. The first kappa shape index (κ1) is 13.1. The SMILES string of the molecule is CCC(C)N1C(=O)C(=O)N(C2CCCCC2)C1=O. The molecule has 1 aliphatic heterocycles. The van der Waals surface area contributed by atoms with Crippen molar-refractivity contribution in [2.75, 3.05) is 0 Å². The van der Waals surface area contributed by atoms with Crippen molar-refractivity contribution in [1.29, 1.82) is 0 Å². The van der Waals surface area contributed by atoms with Crippen LogP contribution in [0.25, 0.3) is 0 Å². The lowest BCUT2D eigenvalue weighted by atomic mass is 9.94. The second-order valence-electron chi connectivity index (χ2n) is 5.18. The Kier molecular flexibility index (Phi) is 3.68. The molecule has 2 aliphatic rings. The number of carbonyl (C=O) groups is 3. The first-order chi connectivity index (χ1) is 8.57. The fraction of sp³-hybridized carbons (Fsp3) is 0.769. The molecule has 0 bridgehead atoms. The zero-order valence-corrected chi connectivity index (χ0v) is 11.0. The minimum atomic E-state index is -0.653. The fourth-order valence-electron chi connectivity index (χ4n) is 2.73. The summed E-state index contributed by atoms with van der Waals surface area (Å²) >= 11 is 0. The largest absolute Gasteiger partial charge is 0.334 e. The Bertz CT molecular complexity index is 374. The average Bonchev–Trinajstić information content (AvgIpc) is 2.61. The van der Waals surface area contributed by atoms with Gasteiger partial charge in [-0.25, -0.2) is 4.79 Å². The Morgan fingerprint density at radius 3 is 2.28 bits per heavy atom. The summed E-state index contributed by atoms with van der Waals surface area (Å²) < 4.78 is 0. The van der Waals surface area contributed by atoms with Crippen LogP contribution < -0.4 is 0 Å². The van der Waals surface area contributed by atoms with E-state index in [9.17, 15) is 14.4 Å². The molecule has 18 heavy (non-hydrogen) atoms. The van der Waals surface area contributed by atoms with Crippen molar-refractivity contribution in [2.24, 2.45) is 0 Å². The lowest BCUT2D eigenvalue weighted by Gasteiger charge is -2.29. The normalized spacial score (nSPS) is 24.0. The third-order valence-electron chi connectivity index (χ3n) is 4.00. The van der Waals surface area contributed by atoms with Crippen molar-refractivity contribution >= 4 is 17.8 Å². The van der Waals surface area contributed by atoms with Crippen molar-refractivity contribution in [3.63, 3.8) is 0 Å². The first-order valence-electron chi connectivity index (χ1n) is 6.78. The second-order valence-corrected chi connectivity index (χ2v) is 5.18. The summed E-state index contributed by atoms with van der Waals surface area (Å²) in [5.74, 6) is -1.29. The summed E-state index contributed by atoms with van der Waals surface area (Å²) in [5, 5.41) is 0. The molecule has 1 heterocycles. The van der Waals surface area contributed by atoms with Gasteiger partial charge in [0.15, 0.2) is 0 Å². The van der Waals surface area contributed by atoms with E-state index in [-0.39, 0.29) is 12.1 Å². The van der Waals surface area contributed by atoms with E-state index in [0.29, 0.717) is 6.42 Å². The van der Waals surface area contributed by atoms with Crippen LogP contribution >= 0.6 is 0 Å². The molecule has 5 nitrogen and oxygen atoms in total. The molecular formula is C13H20N2O3. The Morgan fingerprint density at radius 2 is 1.72 bits per heavy atom. The molecule has 2 rings (SSSR count). The van der Waals surface area contributed by atoms with E-state index in [0.717, 1.165) is 37.0 Å². The van der Waals surface area contributed by atoms with E-state index in [4.69, 9.17) is 0 Å². The summed E-state index contributed by atoms with van der Waals surface area (Å²) in [6.45, 7) is 3.70. The number of hydrogen-bond donors (Lipinski definition) is 0. The van der Waals surface area contributed by atoms with Crippen molar-refractivity contribution < 1.29 is 14.4 Å². The molecule has 4 amide bonds. The molecule has 1 saturated heterocycles. The van der Waals surface area contributed by atoms with Crippen LogP contribution in [0.2, 0.25) is 0 Å². The third kappa shape index (κ3) is 2.02. The quantitative estimate of drug-likeness (QED) is 0.569. The summed E-state index contributed by atoms with van der Waals surface area (Å²) in [4.78, 5) is 38.4. The van der Waals surface area contributed by atoms with Gasteiger partial charge in [-0.3, -0.25) is 19.4 Å². The van der Waals surface area contributed by atoms with E-state index in [1.165, 1.54) is 4.90 Å². The molecule has 1 atom stereocenters. The Morgan fingerprint density at radius 1 is 1.11 bits per heavy atom. The Hall–Kier alpha value is -1.39. The van der Waals surface area contributed by atoms with Gasteiger partial charge in [-0.2, -0.15) is 0 Å². The molecule has 2 fully saturated rings. The highest BCUT2D eigenvalue weighted by atomic mass is 16.2. The number of nitrogens with zero attached hydrogens (tertiary/aromatic N) is 2. The van der Waals surface area contributed by atoms with Crippen LogP contribution in [-0.2, 0) is 9.59 Å².